The van der Waals surface area contributed by atoms with Crippen molar-refractivity contribution in [2.75, 3.05) is 24.3 Å². The molecule has 14 heavy (non-hydrogen) atoms. The van der Waals surface area contributed by atoms with Crippen LogP contribution in [0.5, 0.6) is 0 Å². The molecule has 1 aliphatic rings. The number of pyridine rings is 1. The smallest absolute Gasteiger partial charge is 0.0996 e. The third-order valence-corrected chi connectivity index (χ3v) is 2.25. The van der Waals surface area contributed by atoms with E-state index in [2.05, 4.69) is 10.3 Å². The zero-order chi connectivity index (χ0) is 9.97. The van der Waals surface area contributed by atoms with Crippen LogP contribution in [-0.4, -0.2) is 35.5 Å². The number of rotatable bonds is 2. The molecule has 1 fully saturated rings. The Morgan fingerprint density at radius 1 is 1.57 bits per heavy atom. The quantitative estimate of drug-likeness (QED) is 0.610. The van der Waals surface area contributed by atoms with Gasteiger partial charge in [0.1, 0.15) is 0 Å². The van der Waals surface area contributed by atoms with E-state index in [1.54, 1.807) is 18.5 Å². The van der Waals surface area contributed by atoms with Gasteiger partial charge >= 0.3 is 0 Å². The van der Waals surface area contributed by atoms with E-state index in [0.717, 1.165) is 5.69 Å². The van der Waals surface area contributed by atoms with Crippen molar-refractivity contribution < 1.29 is 9.84 Å². The van der Waals surface area contributed by atoms with Gasteiger partial charge in [-0.1, -0.05) is 0 Å². The first-order chi connectivity index (χ1) is 6.77. The molecule has 0 bridgehead atoms. The fourth-order valence-electron chi connectivity index (χ4n) is 1.41. The van der Waals surface area contributed by atoms with Gasteiger partial charge in [0.15, 0.2) is 0 Å². The molecule has 5 heteroatoms. The third-order valence-electron chi connectivity index (χ3n) is 2.25. The van der Waals surface area contributed by atoms with Gasteiger partial charge in [0.2, 0.25) is 0 Å². The van der Waals surface area contributed by atoms with Crippen molar-refractivity contribution in [3.63, 3.8) is 0 Å². The molecule has 2 atom stereocenters. The van der Waals surface area contributed by atoms with Crippen LogP contribution in [0.1, 0.15) is 0 Å². The largest absolute Gasteiger partial charge is 0.397 e. The van der Waals surface area contributed by atoms with Crippen molar-refractivity contribution >= 4 is 11.4 Å². The van der Waals surface area contributed by atoms with E-state index >= 15 is 0 Å². The second kappa shape index (κ2) is 3.81. The Bertz CT molecular complexity index is 319. The molecule has 0 aliphatic carbocycles. The fraction of sp³-hybridized carbons (Fsp3) is 0.444. The van der Waals surface area contributed by atoms with E-state index in [9.17, 15) is 5.11 Å². The summed E-state index contributed by atoms with van der Waals surface area (Å²) in [4.78, 5) is 3.95. The van der Waals surface area contributed by atoms with Gasteiger partial charge in [-0.15, -0.1) is 0 Å². The Labute approximate surface area is 81.9 Å². The van der Waals surface area contributed by atoms with E-state index in [-0.39, 0.29) is 6.04 Å². The normalized spacial score (nSPS) is 26.4. The highest BCUT2D eigenvalue weighted by atomic mass is 16.5. The Hall–Kier alpha value is -1.33. The summed E-state index contributed by atoms with van der Waals surface area (Å²) in [6.07, 6.45) is 2.79. The lowest BCUT2D eigenvalue weighted by Crippen LogP contribution is -2.32. The lowest BCUT2D eigenvalue weighted by molar-refractivity contribution is 0.125. The molecule has 5 nitrogen and oxygen atoms in total. The lowest BCUT2D eigenvalue weighted by atomic mass is 10.2. The van der Waals surface area contributed by atoms with Crippen LogP contribution >= 0.6 is 0 Å². The SMILES string of the molecule is Nc1ccncc1NC1COCC1O. The Balaban J connectivity index is 2.07. The predicted molar refractivity (Wildman–Crippen MR) is 52.9 cm³/mol. The first kappa shape index (κ1) is 9.23. The van der Waals surface area contributed by atoms with Gasteiger partial charge in [-0.2, -0.15) is 0 Å². The van der Waals surface area contributed by atoms with Crippen LogP contribution in [0.3, 0.4) is 0 Å². The minimum atomic E-state index is -0.477. The number of aromatic nitrogens is 1. The molecule has 1 aromatic rings. The summed E-state index contributed by atoms with van der Waals surface area (Å²) in [6, 6.07) is 1.62. The highest BCUT2D eigenvalue weighted by Crippen LogP contribution is 2.19. The predicted octanol–water partition coefficient (Wildman–Crippen LogP) is -0.165. The maximum Gasteiger partial charge on any atom is 0.0996 e. The summed E-state index contributed by atoms with van der Waals surface area (Å²) in [6.45, 7) is 0.868. The van der Waals surface area contributed by atoms with Crippen LogP contribution in [-0.2, 0) is 4.74 Å². The molecule has 0 amide bonds. The summed E-state index contributed by atoms with van der Waals surface area (Å²) in [5, 5.41) is 12.6. The van der Waals surface area contributed by atoms with Crippen molar-refractivity contribution in [1.29, 1.82) is 0 Å². The number of aliphatic hydroxyl groups is 1. The number of aliphatic hydroxyl groups excluding tert-OH is 1. The lowest BCUT2D eigenvalue weighted by Gasteiger charge is -2.16. The number of hydrogen-bond acceptors (Lipinski definition) is 5. The third kappa shape index (κ3) is 1.78. The van der Waals surface area contributed by atoms with Crippen molar-refractivity contribution in [2.24, 2.45) is 0 Å². The summed E-state index contributed by atoms with van der Waals surface area (Å²) in [5.74, 6) is 0. The Kier molecular flexibility index (Phi) is 2.51. The molecule has 1 aromatic heterocycles. The van der Waals surface area contributed by atoms with Crippen molar-refractivity contribution in [3.8, 4) is 0 Å². The Morgan fingerprint density at radius 3 is 3.07 bits per heavy atom. The van der Waals surface area contributed by atoms with Gasteiger partial charge in [0.05, 0.1) is 42.9 Å². The summed E-state index contributed by atoms with van der Waals surface area (Å²) >= 11 is 0. The topological polar surface area (TPSA) is 80.4 Å². The zero-order valence-corrected chi connectivity index (χ0v) is 7.68. The summed E-state index contributed by atoms with van der Waals surface area (Å²) < 4.78 is 5.11. The van der Waals surface area contributed by atoms with Gasteiger partial charge in [-0.25, -0.2) is 0 Å². The number of nitrogens with zero attached hydrogens (tertiary/aromatic N) is 1. The number of ether oxygens (including phenoxy) is 1. The summed E-state index contributed by atoms with van der Waals surface area (Å²) in [7, 11) is 0. The molecule has 0 spiro atoms. The van der Waals surface area contributed by atoms with E-state index in [1.165, 1.54) is 0 Å². The second-order valence-electron chi connectivity index (χ2n) is 3.32. The highest BCUT2D eigenvalue weighted by Gasteiger charge is 2.26. The molecule has 4 N–H and O–H groups in total. The van der Waals surface area contributed by atoms with Crippen molar-refractivity contribution in [1.82, 2.24) is 4.98 Å². The van der Waals surface area contributed by atoms with Gasteiger partial charge in [0.25, 0.3) is 0 Å². The molecule has 2 heterocycles. The molecule has 0 radical (unpaired) electrons. The van der Waals surface area contributed by atoms with Crippen LogP contribution in [0.4, 0.5) is 11.4 Å². The standard InChI is InChI=1S/C9H13N3O2/c10-6-1-2-11-3-7(6)12-8-4-14-5-9(8)13/h1-3,8-9,12-13H,4-5H2,(H2,10,11). The molecular weight excluding hydrogens is 182 g/mol. The van der Waals surface area contributed by atoms with Crippen molar-refractivity contribution in [3.05, 3.63) is 18.5 Å². The van der Waals surface area contributed by atoms with Crippen LogP contribution in [0.25, 0.3) is 0 Å². The van der Waals surface area contributed by atoms with Crippen molar-refractivity contribution in [2.45, 2.75) is 12.1 Å². The van der Waals surface area contributed by atoms with E-state index in [4.69, 9.17) is 10.5 Å². The molecule has 1 aliphatic heterocycles. The van der Waals surface area contributed by atoms with Gasteiger partial charge in [-0.3, -0.25) is 4.98 Å². The molecule has 1 saturated heterocycles. The average Bonchev–Trinajstić information content (AvgIpc) is 2.56. The van der Waals surface area contributed by atoms with Gasteiger partial charge in [0, 0.05) is 6.20 Å². The molecular formula is C9H13N3O2. The molecule has 0 saturated carbocycles. The number of nitrogens with one attached hydrogen (secondary N) is 1. The highest BCUT2D eigenvalue weighted by molar-refractivity contribution is 5.64. The van der Waals surface area contributed by atoms with Gasteiger partial charge in [-0.05, 0) is 6.07 Å². The minimum Gasteiger partial charge on any atom is -0.397 e. The molecule has 2 rings (SSSR count). The number of hydrogen-bond donors (Lipinski definition) is 3. The average molecular weight is 195 g/mol. The second-order valence-corrected chi connectivity index (χ2v) is 3.32. The Morgan fingerprint density at radius 2 is 2.43 bits per heavy atom. The van der Waals surface area contributed by atoms with Crippen LogP contribution in [0, 0.1) is 0 Å². The van der Waals surface area contributed by atoms with E-state index in [1.807, 2.05) is 0 Å². The fourth-order valence-corrected chi connectivity index (χ4v) is 1.41. The first-order valence-electron chi connectivity index (χ1n) is 4.49. The van der Waals surface area contributed by atoms with Crippen LogP contribution < -0.4 is 11.1 Å². The molecule has 0 aromatic carbocycles. The number of anilines is 2. The monoisotopic (exact) mass is 195 g/mol. The van der Waals surface area contributed by atoms with Crippen LogP contribution in [0.2, 0.25) is 0 Å². The van der Waals surface area contributed by atoms with E-state index < -0.39 is 6.10 Å². The zero-order valence-electron chi connectivity index (χ0n) is 7.68. The van der Waals surface area contributed by atoms with Gasteiger partial charge < -0.3 is 20.9 Å². The van der Waals surface area contributed by atoms with Crippen LogP contribution in [0.15, 0.2) is 18.5 Å². The first-order valence-corrected chi connectivity index (χ1v) is 4.49. The molecule has 76 valence electrons. The molecule has 2 unspecified atom stereocenters. The van der Waals surface area contributed by atoms with E-state index in [0.29, 0.717) is 18.9 Å². The minimum absolute atomic E-state index is 0.0958. The number of nitrogens with two attached hydrogens (primary N) is 1. The number of nitrogen functional groups attached to an aromatic ring is 1. The maximum atomic E-state index is 9.49. The maximum absolute atomic E-state index is 9.49. The summed E-state index contributed by atoms with van der Waals surface area (Å²) in [5.41, 5.74) is 7.08.